The summed E-state index contributed by atoms with van der Waals surface area (Å²) in [7, 11) is 0. The van der Waals surface area contributed by atoms with Crippen LogP contribution >= 0.6 is 0 Å². The van der Waals surface area contributed by atoms with E-state index < -0.39 is 0 Å². The van der Waals surface area contributed by atoms with Crippen LogP contribution in [0.2, 0.25) is 0 Å². The monoisotopic (exact) mass is 173 g/mol. The largest absolute Gasteiger partial charge is 0.389 e. The van der Waals surface area contributed by atoms with Crippen LogP contribution in [0.5, 0.6) is 0 Å². The van der Waals surface area contributed by atoms with Crippen LogP contribution in [0.3, 0.4) is 0 Å². The van der Waals surface area contributed by atoms with E-state index in [0.29, 0.717) is 19.3 Å². The Bertz CT molecular complexity index is 130. The van der Waals surface area contributed by atoms with E-state index in [1.807, 2.05) is 0 Å². The fourth-order valence-electron chi connectivity index (χ4n) is 1.58. The average molecular weight is 173 g/mol. The van der Waals surface area contributed by atoms with Crippen LogP contribution in [-0.2, 0) is 4.74 Å². The van der Waals surface area contributed by atoms with Gasteiger partial charge in [0.05, 0.1) is 25.4 Å². The van der Waals surface area contributed by atoms with Gasteiger partial charge in [0, 0.05) is 6.04 Å². The molecule has 0 aliphatic carbocycles. The van der Waals surface area contributed by atoms with Crippen molar-refractivity contribution in [2.75, 3.05) is 13.2 Å². The van der Waals surface area contributed by atoms with E-state index in [4.69, 9.17) is 4.74 Å². The van der Waals surface area contributed by atoms with Gasteiger partial charge in [0.2, 0.25) is 0 Å². The third-order valence-corrected chi connectivity index (χ3v) is 2.27. The number of rotatable bonds is 4. The summed E-state index contributed by atoms with van der Waals surface area (Å²) in [5.74, 6) is 0. The minimum Gasteiger partial charge on any atom is -0.389 e. The van der Waals surface area contributed by atoms with Gasteiger partial charge in [-0.2, -0.15) is 0 Å². The van der Waals surface area contributed by atoms with Crippen molar-refractivity contribution in [2.24, 2.45) is 0 Å². The average Bonchev–Trinajstić information content (AvgIpc) is 2.37. The maximum Gasteiger partial charge on any atom is 0.0948 e. The third kappa shape index (κ3) is 2.73. The van der Waals surface area contributed by atoms with Gasteiger partial charge < -0.3 is 15.2 Å². The number of hydrogen-bond acceptors (Lipinski definition) is 3. The van der Waals surface area contributed by atoms with Crippen LogP contribution < -0.4 is 5.32 Å². The van der Waals surface area contributed by atoms with Crippen LogP contribution in [-0.4, -0.2) is 36.5 Å². The van der Waals surface area contributed by atoms with Gasteiger partial charge in [0.25, 0.3) is 0 Å². The van der Waals surface area contributed by atoms with Gasteiger partial charge in [-0.25, -0.2) is 0 Å². The van der Waals surface area contributed by atoms with Crippen molar-refractivity contribution in [1.29, 1.82) is 0 Å². The molecule has 3 nitrogen and oxygen atoms in total. The fraction of sp³-hybridized carbons (Fsp3) is 1.00. The number of nitrogens with one attached hydrogen (secondary N) is 1. The second-order valence-corrected chi connectivity index (χ2v) is 3.57. The van der Waals surface area contributed by atoms with Crippen molar-refractivity contribution >= 4 is 0 Å². The predicted octanol–water partition coefficient (Wildman–Crippen LogP) is 0.524. The van der Waals surface area contributed by atoms with Crippen LogP contribution in [0.15, 0.2) is 0 Å². The van der Waals surface area contributed by atoms with E-state index in [1.165, 1.54) is 6.42 Å². The third-order valence-electron chi connectivity index (χ3n) is 2.27. The summed E-state index contributed by atoms with van der Waals surface area (Å²) >= 11 is 0. The zero-order chi connectivity index (χ0) is 8.97. The zero-order valence-electron chi connectivity index (χ0n) is 7.92. The number of aliphatic hydroxyl groups is 1. The first kappa shape index (κ1) is 9.96. The predicted molar refractivity (Wildman–Crippen MR) is 48.1 cm³/mol. The van der Waals surface area contributed by atoms with Gasteiger partial charge in [-0.05, 0) is 13.3 Å². The second-order valence-electron chi connectivity index (χ2n) is 3.57. The lowest BCUT2D eigenvalue weighted by Gasteiger charge is -2.19. The molecule has 3 unspecified atom stereocenters. The highest BCUT2D eigenvalue weighted by Gasteiger charge is 2.26. The molecule has 0 aromatic carbocycles. The molecule has 2 N–H and O–H groups in total. The zero-order valence-corrected chi connectivity index (χ0v) is 7.92. The Labute approximate surface area is 74.1 Å². The number of aliphatic hydroxyl groups excluding tert-OH is 1. The second kappa shape index (κ2) is 4.80. The molecule has 0 aromatic heterocycles. The summed E-state index contributed by atoms with van der Waals surface area (Å²) < 4.78 is 5.14. The summed E-state index contributed by atoms with van der Waals surface area (Å²) in [5, 5.41) is 12.8. The van der Waals surface area contributed by atoms with Crippen LogP contribution in [0.25, 0.3) is 0 Å². The Hall–Kier alpha value is -0.120. The maximum absolute atomic E-state index is 9.42. The Kier molecular flexibility index (Phi) is 3.98. The summed E-state index contributed by atoms with van der Waals surface area (Å²) in [5.41, 5.74) is 0. The Morgan fingerprint density at radius 3 is 2.83 bits per heavy atom. The molecule has 0 aromatic rings. The molecule has 72 valence electrons. The molecular weight excluding hydrogens is 154 g/mol. The number of hydrogen-bond donors (Lipinski definition) is 2. The molecule has 0 radical (unpaired) electrons. The van der Waals surface area contributed by atoms with Gasteiger partial charge in [0.1, 0.15) is 0 Å². The molecule has 3 heteroatoms. The molecule has 12 heavy (non-hydrogen) atoms. The normalized spacial score (nSPS) is 32.2. The smallest absolute Gasteiger partial charge is 0.0948 e. The van der Waals surface area contributed by atoms with Crippen molar-refractivity contribution in [2.45, 2.75) is 44.9 Å². The molecule has 1 aliphatic heterocycles. The highest BCUT2D eigenvalue weighted by molar-refractivity contribution is 4.82. The maximum atomic E-state index is 9.42. The molecule has 0 amide bonds. The highest BCUT2D eigenvalue weighted by atomic mass is 16.5. The van der Waals surface area contributed by atoms with E-state index >= 15 is 0 Å². The summed E-state index contributed by atoms with van der Waals surface area (Å²) in [6.45, 7) is 5.44. The van der Waals surface area contributed by atoms with E-state index in [-0.39, 0.29) is 12.1 Å². The van der Waals surface area contributed by atoms with Crippen molar-refractivity contribution in [1.82, 2.24) is 5.32 Å². The van der Waals surface area contributed by atoms with Crippen molar-refractivity contribution in [3.8, 4) is 0 Å². The Morgan fingerprint density at radius 1 is 1.58 bits per heavy atom. The van der Waals surface area contributed by atoms with Gasteiger partial charge in [-0.3, -0.25) is 0 Å². The first-order valence-electron chi connectivity index (χ1n) is 4.76. The van der Waals surface area contributed by atoms with Gasteiger partial charge in [-0.1, -0.05) is 13.3 Å². The molecule has 1 saturated heterocycles. The molecule has 1 rings (SSSR count). The van der Waals surface area contributed by atoms with Crippen LogP contribution in [0.1, 0.15) is 26.7 Å². The van der Waals surface area contributed by atoms with Gasteiger partial charge in [-0.15, -0.1) is 0 Å². The lowest BCUT2D eigenvalue weighted by Crippen LogP contribution is -2.43. The van der Waals surface area contributed by atoms with Crippen molar-refractivity contribution in [3.63, 3.8) is 0 Å². The van der Waals surface area contributed by atoms with Crippen LogP contribution in [0.4, 0.5) is 0 Å². The highest BCUT2D eigenvalue weighted by Crippen LogP contribution is 2.07. The summed E-state index contributed by atoms with van der Waals surface area (Å²) in [4.78, 5) is 0. The summed E-state index contributed by atoms with van der Waals surface area (Å²) in [6.07, 6.45) is 2.02. The molecule has 0 saturated carbocycles. The molecule has 3 atom stereocenters. The lowest BCUT2D eigenvalue weighted by atomic mass is 10.1. The van der Waals surface area contributed by atoms with E-state index in [9.17, 15) is 5.11 Å². The fourth-order valence-corrected chi connectivity index (χ4v) is 1.58. The quantitative estimate of drug-likeness (QED) is 0.651. The van der Waals surface area contributed by atoms with Gasteiger partial charge in [0.15, 0.2) is 0 Å². The van der Waals surface area contributed by atoms with Gasteiger partial charge >= 0.3 is 0 Å². The first-order chi connectivity index (χ1) is 5.74. The minimum absolute atomic E-state index is 0.145. The Morgan fingerprint density at radius 2 is 2.33 bits per heavy atom. The van der Waals surface area contributed by atoms with E-state index in [0.717, 1.165) is 6.42 Å². The first-order valence-corrected chi connectivity index (χ1v) is 4.76. The molecule has 1 aliphatic rings. The molecule has 1 fully saturated rings. The topological polar surface area (TPSA) is 41.5 Å². The Balaban J connectivity index is 2.20. The molecule has 0 bridgehead atoms. The van der Waals surface area contributed by atoms with Crippen LogP contribution in [0, 0.1) is 0 Å². The van der Waals surface area contributed by atoms with E-state index in [1.54, 1.807) is 0 Å². The molecular formula is C9H19NO2. The summed E-state index contributed by atoms with van der Waals surface area (Å²) in [6, 6.07) is 0.628. The SMILES string of the molecule is CCCC(C)NC1COCC1O. The lowest BCUT2D eigenvalue weighted by molar-refractivity contribution is 0.121. The van der Waals surface area contributed by atoms with Crippen molar-refractivity contribution < 1.29 is 9.84 Å². The molecule has 1 heterocycles. The minimum atomic E-state index is -0.315. The van der Waals surface area contributed by atoms with Crippen molar-refractivity contribution in [3.05, 3.63) is 0 Å². The van der Waals surface area contributed by atoms with E-state index in [2.05, 4.69) is 19.2 Å². The molecule has 0 spiro atoms. The number of ether oxygens (including phenoxy) is 1. The standard InChI is InChI=1S/C9H19NO2/c1-3-4-7(2)10-8-5-12-6-9(8)11/h7-11H,3-6H2,1-2H3.